The van der Waals surface area contributed by atoms with Crippen molar-refractivity contribution >= 4 is 23.2 Å². The third-order valence-electron chi connectivity index (χ3n) is 3.17. The van der Waals surface area contributed by atoms with Crippen molar-refractivity contribution in [3.63, 3.8) is 0 Å². The molecule has 1 aliphatic rings. The number of hydrogen-bond acceptors (Lipinski definition) is 3. The van der Waals surface area contributed by atoms with Gasteiger partial charge in [0.05, 0.1) is 12.1 Å². The molecule has 4 N–H and O–H groups in total. The molecule has 4 nitrogen and oxygen atoms in total. The second-order valence-electron chi connectivity index (χ2n) is 4.52. The zero-order chi connectivity index (χ0) is 12.5. The van der Waals surface area contributed by atoms with E-state index in [1.54, 1.807) is 18.2 Å². The van der Waals surface area contributed by atoms with Crippen LogP contribution in [0.5, 0.6) is 0 Å². The van der Waals surface area contributed by atoms with Gasteiger partial charge >= 0.3 is 0 Å². The molecular weight excluding hydrogens is 240 g/mol. The largest absolute Gasteiger partial charge is 0.399 e. The summed E-state index contributed by atoms with van der Waals surface area (Å²) in [6, 6.07) is 4.73. The molecule has 1 fully saturated rings. The number of anilines is 1. The smallest absolute Gasteiger partial charge is 0.251 e. The van der Waals surface area contributed by atoms with Crippen LogP contribution in [0.25, 0.3) is 0 Å². The number of carbonyl (C=O) groups excluding carboxylic acids is 1. The topological polar surface area (TPSA) is 75.4 Å². The van der Waals surface area contributed by atoms with Crippen LogP contribution in [-0.2, 0) is 0 Å². The van der Waals surface area contributed by atoms with Crippen LogP contribution in [0, 0.1) is 0 Å². The fourth-order valence-electron chi connectivity index (χ4n) is 1.98. The van der Waals surface area contributed by atoms with E-state index in [-0.39, 0.29) is 12.5 Å². The van der Waals surface area contributed by atoms with E-state index in [0.29, 0.717) is 16.3 Å². The van der Waals surface area contributed by atoms with E-state index in [1.807, 2.05) is 0 Å². The van der Waals surface area contributed by atoms with Crippen molar-refractivity contribution in [1.82, 2.24) is 5.32 Å². The van der Waals surface area contributed by atoms with Crippen LogP contribution >= 0.6 is 11.6 Å². The van der Waals surface area contributed by atoms with E-state index < -0.39 is 5.54 Å². The Kier molecular flexibility index (Phi) is 3.26. The zero-order valence-electron chi connectivity index (χ0n) is 9.37. The van der Waals surface area contributed by atoms with Gasteiger partial charge in [0.15, 0.2) is 0 Å². The number of rotatable bonds is 3. The van der Waals surface area contributed by atoms with Crippen LogP contribution in [0.2, 0.25) is 5.02 Å². The highest BCUT2D eigenvalue weighted by Crippen LogP contribution is 2.31. The molecular formula is C12H15ClN2O2. The third kappa shape index (κ3) is 2.53. The molecule has 1 amide bonds. The molecule has 0 aromatic heterocycles. The van der Waals surface area contributed by atoms with Crippen molar-refractivity contribution in [3.8, 4) is 0 Å². The highest BCUT2D eigenvalue weighted by atomic mass is 35.5. The summed E-state index contributed by atoms with van der Waals surface area (Å²) in [7, 11) is 0. The molecule has 5 heteroatoms. The number of nitrogens with two attached hydrogens (primary N) is 1. The average Bonchev–Trinajstić information content (AvgIpc) is 2.21. The summed E-state index contributed by atoms with van der Waals surface area (Å²) in [5.74, 6) is -0.243. The highest BCUT2D eigenvalue weighted by molar-refractivity contribution is 6.31. The van der Waals surface area contributed by atoms with E-state index in [9.17, 15) is 9.90 Å². The summed E-state index contributed by atoms with van der Waals surface area (Å²) >= 11 is 5.84. The molecule has 0 atom stereocenters. The van der Waals surface area contributed by atoms with Crippen molar-refractivity contribution < 1.29 is 9.90 Å². The number of halogens is 1. The number of nitrogens with one attached hydrogen (secondary N) is 1. The van der Waals surface area contributed by atoms with Crippen LogP contribution in [0.4, 0.5) is 5.69 Å². The molecule has 1 aromatic rings. The number of hydrogen-bond donors (Lipinski definition) is 3. The van der Waals surface area contributed by atoms with Crippen molar-refractivity contribution in [2.75, 3.05) is 12.3 Å². The lowest BCUT2D eigenvalue weighted by atomic mass is 9.77. The lowest BCUT2D eigenvalue weighted by molar-refractivity contribution is 0.0641. The first-order chi connectivity index (χ1) is 8.04. The maximum Gasteiger partial charge on any atom is 0.251 e. The summed E-state index contributed by atoms with van der Waals surface area (Å²) in [5, 5.41) is 12.6. The Balaban J connectivity index is 2.14. The van der Waals surface area contributed by atoms with Crippen molar-refractivity contribution in [1.29, 1.82) is 0 Å². The molecule has 0 unspecified atom stereocenters. The summed E-state index contributed by atoms with van der Waals surface area (Å²) < 4.78 is 0. The van der Waals surface area contributed by atoms with Gasteiger partial charge < -0.3 is 16.2 Å². The minimum Gasteiger partial charge on any atom is -0.399 e. The van der Waals surface area contributed by atoms with Gasteiger partial charge in [0.25, 0.3) is 5.91 Å². The fraction of sp³-hybridized carbons (Fsp3) is 0.417. The van der Waals surface area contributed by atoms with Crippen LogP contribution in [-0.4, -0.2) is 23.2 Å². The summed E-state index contributed by atoms with van der Waals surface area (Å²) in [4.78, 5) is 12.0. The number of amides is 1. The van der Waals surface area contributed by atoms with E-state index >= 15 is 0 Å². The monoisotopic (exact) mass is 254 g/mol. The highest BCUT2D eigenvalue weighted by Gasteiger charge is 2.37. The van der Waals surface area contributed by atoms with Gasteiger partial charge in [0.2, 0.25) is 0 Å². The molecule has 1 aromatic carbocycles. The SMILES string of the molecule is Nc1cc(Cl)cc(C(=O)NC2(CO)CCC2)c1. The Bertz CT molecular complexity index is 418. The van der Waals surface area contributed by atoms with Gasteiger partial charge in [0.1, 0.15) is 0 Å². The predicted octanol–water partition coefficient (Wildman–Crippen LogP) is 1.57. The van der Waals surface area contributed by atoms with E-state index in [2.05, 4.69) is 5.32 Å². The van der Waals surface area contributed by atoms with Crippen LogP contribution in [0.3, 0.4) is 0 Å². The summed E-state index contributed by atoms with van der Waals surface area (Å²) in [5.41, 5.74) is 6.05. The van der Waals surface area contributed by atoms with Crippen LogP contribution in [0.15, 0.2) is 18.2 Å². The minimum absolute atomic E-state index is 0.0329. The average molecular weight is 255 g/mol. The van der Waals surface area contributed by atoms with Gasteiger partial charge in [-0.1, -0.05) is 11.6 Å². The van der Waals surface area contributed by atoms with E-state index in [4.69, 9.17) is 17.3 Å². The number of aliphatic hydroxyl groups excluding tert-OH is 1. The van der Waals surface area contributed by atoms with Crippen LogP contribution in [0.1, 0.15) is 29.6 Å². The molecule has 0 bridgehead atoms. The first-order valence-electron chi connectivity index (χ1n) is 5.54. The molecule has 92 valence electrons. The Morgan fingerprint density at radius 3 is 2.65 bits per heavy atom. The van der Waals surface area contributed by atoms with Gasteiger partial charge in [0, 0.05) is 16.3 Å². The fourth-order valence-corrected chi connectivity index (χ4v) is 2.23. The molecule has 1 saturated carbocycles. The number of aliphatic hydroxyl groups is 1. The molecule has 0 aliphatic heterocycles. The second kappa shape index (κ2) is 4.55. The number of carbonyl (C=O) groups is 1. The standard InChI is InChI=1S/C12H15ClN2O2/c13-9-4-8(5-10(14)6-9)11(17)15-12(7-16)2-1-3-12/h4-6,16H,1-3,7,14H2,(H,15,17). The lowest BCUT2D eigenvalue weighted by Crippen LogP contribution is -2.56. The van der Waals surface area contributed by atoms with Gasteiger partial charge in [-0.2, -0.15) is 0 Å². The van der Waals surface area contributed by atoms with Gasteiger partial charge in [-0.25, -0.2) is 0 Å². The van der Waals surface area contributed by atoms with E-state index in [0.717, 1.165) is 19.3 Å². The Hall–Kier alpha value is -1.26. The first-order valence-corrected chi connectivity index (χ1v) is 5.92. The number of benzene rings is 1. The van der Waals surface area contributed by atoms with Gasteiger partial charge in [-0.3, -0.25) is 4.79 Å². The summed E-state index contributed by atoms with van der Waals surface area (Å²) in [6.07, 6.45) is 2.65. The maximum atomic E-state index is 12.0. The van der Waals surface area contributed by atoms with Crippen molar-refractivity contribution in [2.24, 2.45) is 0 Å². The zero-order valence-corrected chi connectivity index (χ0v) is 10.1. The normalized spacial score (nSPS) is 17.3. The number of nitrogen functional groups attached to an aromatic ring is 1. The van der Waals surface area contributed by atoms with Gasteiger partial charge in [-0.15, -0.1) is 0 Å². The van der Waals surface area contributed by atoms with Crippen molar-refractivity contribution in [3.05, 3.63) is 28.8 Å². The molecule has 2 rings (SSSR count). The second-order valence-corrected chi connectivity index (χ2v) is 4.96. The summed E-state index contributed by atoms with van der Waals surface area (Å²) in [6.45, 7) is -0.0329. The lowest BCUT2D eigenvalue weighted by Gasteiger charge is -2.40. The van der Waals surface area contributed by atoms with E-state index in [1.165, 1.54) is 0 Å². The molecule has 0 radical (unpaired) electrons. The maximum absolute atomic E-state index is 12.0. The van der Waals surface area contributed by atoms with Gasteiger partial charge in [-0.05, 0) is 37.5 Å². The van der Waals surface area contributed by atoms with Crippen LogP contribution < -0.4 is 11.1 Å². The third-order valence-corrected chi connectivity index (χ3v) is 3.39. The molecule has 1 aliphatic carbocycles. The quantitative estimate of drug-likeness (QED) is 0.717. The Morgan fingerprint density at radius 2 is 2.18 bits per heavy atom. The Morgan fingerprint density at radius 1 is 1.47 bits per heavy atom. The minimum atomic E-state index is -0.450. The molecule has 17 heavy (non-hydrogen) atoms. The molecule has 0 spiro atoms. The first kappa shape index (κ1) is 12.2. The molecule has 0 saturated heterocycles. The predicted molar refractivity (Wildman–Crippen MR) is 67.0 cm³/mol. The van der Waals surface area contributed by atoms with Crippen molar-refractivity contribution in [2.45, 2.75) is 24.8 Å². The molecule has 0 heterocycles. The Labute approximate surface area is 105 Å².